The van der Waals surface area contributed by atoms with E-state index in [0.717, 1.165) is 37.5 Å². The van der Waals surface area contributed by atoms with Gasteiger partial charge in [0.25, 0.3) is 0 Å². The number of amides is 1. The molecule has 1 unspecified atom stereocenters. The van der Waals surface area contributed by atoms with E-state index in [-0.39, 0.29) is 0 Å². The minimum Gasteiger partial charge on any atom is -0.386 e. The van der Waals surface area contributed by atoms with Crippen LogP contribution in [0.25, 0.3) is 0 Å². The summed E-state index contributed by atoms with van der Waals surface area (Å²) in [5, 5.41) is 10.0. The molecule has 1 amide bonds. The van der Waals surface area contributed by atoms with Crippen LogP contribution in [0, 0.1) is 0 Å². The minimum atomic E-state index is -0.490. The van der Waals surface area contributed by atoms with Crippen molar-refractivity contribution in [1.29, 1.82) is 0 Å². The van der Waals surface area contributed by atoms with E-state index < -0.39 is 6.10 Å². The second kappa shape index (κ2) is 5.82. The molecule has 0 radical (unpaired) electrons. The van der Waals surface area contributed by atoms with Crippen LogP contribution in [-0.4, -0.2) is 54.0 Å². The van der Waals surface area contributed by atoms with Crippen LogP contribution in [0.15, 0.2) is 12.1 Å². The molecule has 1 aliphatic rings. The third-order valence-corrected chi connectivity index (χ3v) is 4.24. The Morgan fingerprint density at radius 1 is 1.41 bits per heavy atom. The smallest absolute Gasteiger partial charge is 0.209 e. The van der Waals surface area contributed by atoms with Gasteiger partial charge < -0.3 is 10.0 Å². The zero-order valence-electron chi connectivity index (χ0n) is 9.38. The van der Waals surface area contributed by atoms with Gasteiger partial charge in [-0.3, -0.25) is 9.69 Å². The fraction of sp³-hybridized carbons (Fsp3) is 0.545. The monoisotopic (exact) mass is 274 g/mol. The molecular weight excluding hydrogens is 260 g/mol. The molecule has 2 heterocycles. The van der Waals surface area contributed by atoms with Crippen molar-refractivity contribution in [1.82, 2.24) is 9.80 Å². The number of carbonyl (C=O) groups is 1. The molecule has 0 aliphatic carbocycles. The number of halogens is 1. The molecule has 1 atom stereocenters. The Kier molecular flexibility index (Phi) is 4.39. The maximum Gasteiger partial charge on any atom is 0.209 e. The predicted molar refractivity (Wildman–Crippen MR) is 68.4 cm³/mol. The number of aliphatic hydroxyl groups excluding tert-OH is 1. The number of aliphatic hydroxyl groups is 1. The molecular formula is C11H15ClN2O2S. The number of piperazine rings is 1. The Morgan fingerprint density at radius 3 is 2.65 bits per heavy atom. The van der Waals surface area contributed by atoms with Crippen molar-refractivity contribution < 1.29 is 9.90 Å². The van der Waals surface area contributed by atoms with Crippen LogP contribution >= 0.6 is 22.9 Å². The van der Waals surface area contributed by atoms with Crippen molar-refractivity contribution in [3.8, 4) is 0 Å². The van der Waals surface area contributed by atoms with Crippen molar-refractivity contribution in [2.24, 2.45) is 0 Å². The fourth-order valence-electron chi connectivity index (χ4n) is 1.89. The first-order valence-electron chi connectivity index (χ1n) is 5.54. The van der Waals surface area contributed by atoms with Crippen molar-refractivity contribution in [3.63, 3.8) is 0 Å². The summed E-state index contributed by atoms with van der Waals surface area (Å²) in [6.45, 7) is 3.70. The lowest BCUT2D eigenvalue weighted by Crippen LogP contribution is -2.46. The lowest BCUT2D eigenvalue weighted by atomic mass is 10.2. The lowest BCUT2D eigenvalue weighted by molar-refractivity contribution is -0.119. The standard InChI is InChI=1S/C11H15ClN2O2S/c12-11-2-1-10(17-11)9(16)7-13-3-5-14(8-15)6-4-13/h1-2,8-9,16H,3-7H2. The van der Waals surface area contributed by atoms with Gasteiger partial charge in [0, 0.05) is 37.6 Å². The molecule has 1 fully saturated rings. The van der Waals surface area contributed by atoms with Crippen LogP contribution in [0.3, 0.4) is 0 Å². The Morgan fingerprint density at radius 2 is 2.12 bits per heavy atom. The number of β-amino-alcohol motifs (C(OH)–C–C–N with tert-alkyl or cyclic N) is 1. The summed E-state index contributed by atoms with van der Waals surface area (Å²) in [5.41, 5.74) is 0. The summed E-state index contributed by atoms with van der Waals surface area (Å²) in [5.74, 6) is 0. The summed E-state index contributed by atoms with van der Waals surface area (Å²) in [6.07, 6.45) is 0.391. The summed E-state index contributed by atoms with van der Waals surface area (Å²) < 4.78 is 0.699. The van der Waals surface area contributed by atoms with Crippen molar-refractivity contribution in [3.05, 3.63) is 21.3 Å². The van der Waals surface area contributed by atoms with Crippen LogP contribution in [0.5, 0.6) is 0 Å². The average Bonchev–Trinajstić information content (AvgIpc) is 2.77. The molecule has 1 saturated heterocycles. The molecule has 94 valence electrons. The second-order valence-corrected chi connectivity index (χ2v) is 5.85. The van der Waals surface area contributed by atoms with Gasteiger partial charge in [0.2, 0.25) is 6.41 Å². The molecule has 0 bridgehead atoms. The van der Waals surface area contributed by atoms with Gasteiger partial charge in [-0.1, -0.05) is 11.6 Å². The van der Waals surface area contributed by atoms with E-state index in [2.05, 4.69) is 4.90 Å². The number of rotatable bonds is 4. The lowest BCUT2D eigenvalue weighted by Gasteiger charge is -2.33. The van der Waals surface area contributed by atoms with Crippen LogP contribution in [0.1, 0.15) is 11.0 Å². The van der Waals surface area contributed by atoms with Crippen LogP contribution in [0.4, 0.5) is 0 Å². The van der Waals surface area contributed by atoms with Gasteiger partial charge in [0.1, 0.15) is 6.10 Å². The predicted octanol–water partition coefficient (Wildman–Crippen LogP) is 1.21. The highest BCUT2D eigenvalue weighted by atomic mass is 35.5. The first-order valence-corrected chi connectivity index (χ1v) is 6.73. The quantitative estimate of drug-likeness (QED) is 0.840. The van der Waals surface area contributed by atoms with E-state index in [0.29, 0.717) is 10.9 Å². The van der Waals surface area contributed by atoms with Gasteiger partial charge in [-0.25, -0.2) is 0 Å². The highest BCUT2D eigenvalue weighted by Gasteiger charge is 2.19. The Bertz CT molecular complexity index is 377. The van der Waals surface area contributed by atoms with Crippen molar-refractivity contribution >= 4 is 29.3 Å². The molecule has 0 saturated carbocycles. The van der Waals surface area contributed by atoms with Crippen LogP contribution < -0.4 is 0 Å². The summed E-state index contributed by atoms with van der Waals surface area (Å²) in [7, 11) is 0. The third kappa shape index (κ3) is 3.42. The minimum absolute atomic E-state index is 0.490. The first-order chi connectivity index (χ1) is 8.19. The maximum atomic E-state index is 10.6. The SMILES string of the molecule is O=CN1CCN(CC(O)c2ccc(Cl)s2)CC1. The van der Waals surface area contributed by atoms with Crippen LogP contribution in [-0.2, 0) is 4.79 Å². The number of thiophene rings is 1. The van der Waals surface area contributed by atoms with E-state index in [1.165, 1.54) is 11.3 Å². The molecule has 1 aromatic heterocycles. The molecule has 4 nitrogen and oxygen atoms in total. The zero-order chi connectivity index (χ0) is 12.3. The molecule has 6 heteroatoms. The van der Waals surface area contributed by atoms with E-state index in [1.807, 2.05) is 6.07 Å². The summed E-state index contributed by atoms with van der Waals surface area (Å²) in [4.78, 5) is 15.4. The van der Waals surface area contributed by atoms with Gasteiger partial charge in [0.05, 0.1) is 4.34 Å². The largest absolute Gasteiger partial charge is 0.386 e. The normalized spacial score (nSPS) is 19.3. The highest BCUT2D eigenvalue weighted by molar-refractivity contribution is 7.16. The molecule has 2 rings (SSSR count). The molecule has 1 aromatic rings. The number of hydrogen-bond donors (Lipinski definition) is 1. The molecule has 0 spiro atoms. The van der Waals surface area contributed by atoms with Gasteiger partial charge in [-0.2, -0.15) is 0 Å². The Hall–Kier alpha value is -0.620. The number of hydrogen-bond acceptors (Lipinski definition) is 4. The molecule has 17 heavy (non-hydrogen) atoms. The average molecular weight is 275 g/mol. The second-order valence-electron chi connectivity index (χ2n) is 4.10. The zero-order valence-corrected chi connectivity index (χ0v) is 11.0. The van der Waals surface area contributed by atoms with Gasteiger partial charge in [-0.15, -0.1) is 11.3 Å². The van der Waals surface area contributed by atoms with E-state index >= 15 is 0 Å². The molecule has 1 N–H and O–H groups in total. The van der Waals surface area contributed by atoms with Crippen molar-refractivity contribution in [2.45, 2.75) is 6.10 Å². The third-order valence-electron chi connectivity index (χ3n) is 2.91. The summed E-state index contributed by atoms with van der Waals surface area (Å²) >= 11 is 7.25. The fourth-order valence-corrected chi connectivity index (χ4v) is 2.93. The van der Waals surface area contributed by atoms with Gasteiger partial charge in [-0.05, 0) is 12.1 Å². The van der Waals surface area contributed by atoms with Gasteiger partial charge >= 0.3 is 0 Å². The van der Waals surface area contributed by atoms with E-state index in [1.54, 1.807) is 11.0 Å². The topological polar surface area (TPSA) is 43.8 Å². The van der Waals surface area contributed by atoms with E-state index in [9.17, 15) is 9.90 Å². The van der Waals surface area contributed by atoms with Crippen LogP contribution in [0.2, 0.25) is 4.34 Å². The van der Waals surface area contributed by atoms with Gasteiger partial charge in [0.15, 0.2) is 0 Å². The molecule has 1 aliphatic heterocycles. The Labute approximate surface area is 109 Å². The number of carbonyl (C=O) groups excluding carboxylic acids is 1. The maximum absolute atomic E-state index is 10.6. The highest BCUT2D eigenvalue weighted by Crippen LogP contribution is 2.27. The number of nitrogens with zero attached hydrogens (tertiary/aromatic N) is 2. The van der Waals surface area contributed by atoms with E-state index in [4.69, 9.17) is 11.6 Å². The Balaban J connectivity index is 1.83. The summed E-state index contributed by atoms with van der Waals surface area (Å²) in [6, 6.07) is 3.66. The first kappa shape index (κ1) is 12.8. The van der Waals surface area contributed by atoms with Crippen molar-refractivity contribution in [2.75, 3.05) is 32.7 Å². The molecule has 0 aromatic carbocycles.